The smallest absolute Gasteiger partial charge is 0.280 e. The van der Waals surface area contributed by atoms with Gasteiger partial charge in [-0.1, -0.05) is 35.9 Å². The van der Waals surface area contributed by atoms with E-state index in [1.54, 1.807) is 23.0 Å². The van der Waals surface area contributed by atoms with Gasteiger partial charge in [0.15, 0.2) is 0 Å². The van der Waals surface area contributed by atoms with Gasteiger partial charge in [0, 0.05) is 29.0 Å². The van der Waals surface area contributed by atoms with Crippen molar-refractivity contribution < 1.29 is 0 Å². The van der Waals surface area contributed by atoms with E-state index >= 15 is 0 Å². The molecule has 0 unspecified atom stereocenters. The molecule has 1 N–H and O–H groups in total. The van der Waals surface area contributed by atoms with Gasteiger partial charge < -0.3 is 0 Å². The number of halogens is 1. The molecule has 0 spiro atoms. The molecule has 0 radical (unpaired) electrons. The third-order valence-corrected chi connectivity index (χ3v) is 6.11. The number of aryl methyl sites for hydroxylation is 1. The van der Waals surface area contributed by atoms with Crippen LogP contribution in [-0.2, 0) is 6.54 Å². The Bertz CT molecular complexity index is 1250. The first-order valence-corrected chi connectivity index (χ1v) is 10.7. The fraction of sp³-hybridized carbons (Fsp3) is 0.250. The summed E-state index contributed by atoms with van der Waals surface area (Å²) >= 11 is 6.00. The van der Waals surface area contributed by atoms with Crippen LogP contribution in [0.5, 0.6) is 0 Å². The Labute approximate surface area is 179 Å². The second kappa shape index (κ2) is 7.74. The summed E-state index contributed by atoms with van der Waals surface area (Å²) < 4.78 is 1.55. The second-order valence-electron chi connectivity index (χ2n) is 7.92. The molecule has 0 aliphatic carbocycles. The van der Waals surface area contributed by atoms with Crippen molar-refractivity contribution in [2.45, 2.75) is 26.3 Å². The lowest BCUT2D eigenvalue weighted by Crippen LogP contribution is -2.18. The highest BCUT2D eigenvalue weighted by Gasteiger charge is 2.17. The van der Waals surface area contributed by atoms with Gasteiger partial charge in [-0.3, -0.25) is 19.8 Å². The van der Waals surface area contributed by atoms with Crippen molar-refractivity contribution in [3.8, 4) is 16.8 Å². The van der Waals surface area contributed by atoms with E-state index in [1.165, 1.54) is 31.5 Å². The summed E-state index contributed by atoms with van der Waals surface area (Å²) in [5.41, 5.74) is 5.64. The molecule has 0 atom stereocenters. The molecule has 2 aromatic carbocycles. The summed E-state index contributed by atoms with van der Waals surface area (Å²) in [6, 6.07) is 15.8. The molecule has 30 heavy (non-hydrogen) atoms. The molecule has 6 heteroatoms. The van der Waals surface area contributed by atoms with Crippen LogP contribution in [0.2, 0.25) is 5.02 Å². The highest BCUT2D eigenvalue weighted by molar-refractivity contribution is 6.30. The third kappa shape index (κ3) is 3.44. The second-order valence-corrected chi connectivity index (χ2v) is 8.35. The summed E-state index contributed by atoms with van der Waals surface area (Å²) in [6.07, 6.45) is 4.24. The van der Waals surface area contributed by atoms with Crippen LogP contribution in [0, 0.1) is 6.92 Å². The fourth-order valence-electron chi connectivity index (χ4n) is 4.27. The molecule has 1 fully saturated rings. The maximum Gasteiger partial charge on any atom is 0.280 e. The van der Waals surface area contributed by atoms with Gasteiger partial charge in [-0.25, -0.2) is 4.68 Å². The minimum absolute atomic E-state index is 0.119. The highest BCUT2D eigenvalue weighted by Crippen LogP contribution is 2.29. The van der Waals surface area contributed by atoms with Gasteiger partial charge in [-0.15, -0.1) is 0 Å². The van der Waals surface area contributed by atoms with Crippen molar-refractivity contribution in [2.75, 3.05) is 13.1 Å². The molecule has 0 saturated carbocycles. The first kappa shape index (κ1) is 19.1. The number of aromatic nitrogens is 3. The number of fused-ring (bicyclic) bond motifs is 1. The first-order valence-electron chi connectivity index (χ1n) is 10.3. The van der Waals surface area contributed by atoms with Crippen molar-refractivity contribution >= 4 is 22.5 Å². The number of nitrogens with zero attached hydrogens (tertiary/aromatic N) is 3. The van der Waals surface area contributed by atoms with E-state index in [9.17, 15) is 4.79 Å². The summed E-state index contributed by atoms with van der Waals surface area (Å²) in [7, 11) is 0. The zero-order valence-electron chi connectivity index (χ0n) is 16.9. The topological polar surface area (TPSA) is 53.9 Å². The monoisotopic (exact) mass is 418 g/mol. The normalized spacial score (nSPS) is 14.6. The molecule has 152 valence electrons. The molecule has 2 aromatic heterocycles. The summed E-state index contributed by atoms with van der Waals surface area (Å²) in [6.45, 7) is 5.34. The Morgan fingerprint density at radius 2 is 1.73 bits per heavy atom. The van der Waals surface area contributed by atoms with Crippen molar-refractivity contribution in [1.82, 2.24) is 19.7 Å². The number of rotatable bonds is 4. The third-order valence-electron chi connectivity index (χ3n) is 5.86. The van der Waals surface area contributed by atoms with Crippen LogP contribution in [0.15, 0.2) is 59.5 Å². The number of nitrogens with one attached hydrogen (secondary N) is 1. The molecule has 5 nitrogen and oxygen atoms in total. The highest BCUT2D eigenvalue weighted by atomic mass is 35.5. The van der Waals surface area contributed by atoms with E-state index in [1.807, 2.05) is 19.1 Å². The maximum atomic E-state index is 13.0. The van der Waals surface area contributed by atoms with Gasteiger partial charge in [0.2, 0.25) is 0 Å². The Hall–Kier alpha value is -2.89. The Morgan fingerprint density at radius 3 is 2.43 bits per heavy atom. The van der Waals surface area contributed by atoms with E-state index in [4.69, 9.17) is 11.6 Å². The summed E-state index contributed by atoms with van der Waals surface area (Å²) in [5, 5.41) is 4.50. The van der Waals surface area contributed by atoms with Crippen LogP contribution in [0.1, 0.15) is 24.1 Å². The Balaban J connectivity index is 1.57. The standard InChI is InChI=1S/C24H23ClN4O/c1-16-22(18-6-4-17(5-7-18)15-28-12-2-3-13-28)23-21(14-26-16)24(30)29(27-23)20-10-8-19(25)9-11-20/h4-11,14,27H,2-3,12-13,15H2,1H3. The van der Waals surface area contributed by atoms with Crippen molar-refractivity contribution in [2.24, 2.45) is 0 Å². The Kier molecular flexibility index (Phi) is 4.93. The predicted octanol–water partition coefficient (Wildman–Crippen LogP) is 4.94. The van der Waals surface area contributed by atoms with Gasteiger partial charge >= 0.3 is 0 Å². The number of H-pyrrole nitrogens is 1. The molecular weight excluding hydrogens is 396 g/mol. The quantitative estimate of drug-likeness (QED) is 0.510. The molecule has 3 heterocycles. The summed E-state index contributed by atoms with van der Waals surface area (Å²) in [4.78, 5) is 20.0. The largest absolute Gasteiger partial charge is 0.299 e. The van der Waals surface area contributed by atoms with Gasteiger partial charge in [-0.05, 0) is 68.2 Å². The first-order chi connectivity index (χ1) is 14.6. The van der Waals surface area contributed by atoms with Gasteiger partial charge in [0.25, 0.3) is 5.56 Å². The number of pyridine rings is 1. The van der Waals surface area contributed by atoms with Gasteiger partial charge in [0.1, 0.15) is 0 Å². The number of hydrogen-bond acceptors (Lipinski definition) is 3. The zero-order valence-corrected chi connectivity index (χ0v) is 17.6. The van der Waals surface area contributed by atoms with Gasteiger partial charge in [0.05, 0.1) is 16.6 Å². The van der Waals surface area contributed by atoms with Crippen LogP contribution in [0.3, 0.4) is 0 Å². The van der Waals surface area contributed by atoms with Crippen molar-refractivity contribution in [3.05, 3.63) is 81.4 Å². The molecule has 0 bridgehead atoms. The minimum atomic E-state index is -0.119. The van der Waals surface area contributed by atoms with E-state index in [0.717, 1.165) is 34.6 Å². The van der Waals surface area contributed by atoms with Crippen LogP contribution in [-0.4, -0.2) is 32.8 Å². The van der Waals surface area contributed by atoms with Crippen LogP contribution < -0.4 is 5.56 Å². The lowest BCUT2D eigenvalue weighted by Gasteiger charge is -2.15. The van der Waals surface area contributed by atoms with E-state index < -0.39 is 0 Å². The maximum absolute atomic E-state index is 13.0. The summed E-state index contributed by atoms with van der Waals surface area (Å²) in [5.74, 6) is 0. The average molecular weight is 419 g/mol. The number of hydrogen-bond donors (Lipinski definition) is 1. The molecule has 5 rings (SSSR count). The molecule has 1 aliphatic heterocycles. The molecular formula is C24H23ClN4O. The molecule has 1 aliphatic rings. The van der Waals surface area contributed by atoms with E-state index in [2.05, 4.69) is 39.2 Å². The fourth-order valence-corrected chi connectivity index (χ4v) is 4.39. The zero-order chi connectivity index (χ0) is 20.7. The lowest BCUT2D eigenvalue weighted by molar-refractivity contribution is 0.331. The molecule has 1 saturated heterocycles. The number of likely N-dealkylation sites (tertiary alicyclic amines) is 1. The van der Waals surface area contributed by atoms with Crippen LogP contribution in [0.4, 0.5) is 0 Å². The minimum Gasteiger partial charge on any atom is -0.299 e. The van der Waals surface area contributed by atoms with Crippen LogP contribution >= 0.6 is 11.6 Å². The SMILES string of the molecule is Cc1ncc2c(=O)n(-c3ccc(Cl)cc3)[nH]c2c1-c1ccc(CN2CCCC2)cc1. The van der Waals surface area contributed by atoms with Gasteiger partial charge in [-0.2, -0.15) is 0 Å². The van der Waals surface area contributed by atoms with E-state index in [-0.39, 0.29) is 5.56 Å². The number of benzene rings is 2. The van der Waals surface area contributed by atoms with E-state index in [0.29, 0.717) is 10.4 Å². The number of aromatic amines is 1. The van der Waals surface area contributed by atoms with Crippen molar-refractivity contribution in [3.63, 3.8) is 0 Å². The lowest BCUT2D eigenvalue weighted by atomic mass is 10.0. The molecule has 0 amide bonds. The Morgan fingerprint density at radius 1 is 1.03 bits per heavy atom. The molecule has 4 aromatic rings. The predicted molar refractivity (Wildman–Crippen MR) is 121 cm³/mol. The average Bonchev–Trinajstić information content (AvgIpc) is 3.37. The van der Waals surface area contributed by atoms with Crippen molar-refractivity contribution in [1.29, 1.82) is 0 Å². The van der Waals surface area contributed by atoms with Crippen LogP contribution in [0.25, 0.3) is 27.7 Å².